The van der Waals surface area contributed by atoms with E-state index < -0.39 is 0 Å². The summed E-state index contributed by atoms with van der Waals surface area (Å²) in [6, 6.07) is 3.70. The predicted molar refractivity (Wildman–Crippen MR) is 115 cm³/mol. The molecule has 1 atom stereocenters. The molecule has 1 heterocycles. The molecule has 0 unspecified atom stereocenters. The molecule has 0 saturated carbocycles. The van der Waals surface area contributed by atoms with Crippen LogP contribution < -0.4 is 25.4 Å². The van der Waals surface area contributed by atoms with Gasteiger partial charge in [0, 0.05) is 25.2 Å². The van der Waals surface area contributed by atoms with Crippen molar-refractivity contribution in [1.82, 2.24) is 20.9 Å². The average Bonchev–Trinajstić information content (AvgIpc) is 2.63. The number of nitrogens with zero attached hydrogens (tertiary/aromatic N) is 1. The molecule has 0 saturated heterocycles. The quantitative estimate of drug-likeness (QED) is 0.651. The Labute approximate surface area is 173 Å². The maximum Gasteiger partial charge on any atom is 0.318 e. The van der Waals surface area contributed by atoms with Crippen molar-refractivity contribution in [3.63, 3.8) is 0 Å². The zero-order valence-corrected chi connectivity index (χ0v) is 18.5. The van der Waals surface area contributed by atoms with Gasteiger partial charge in [0.05, 0.1) is 20.3 Å². The second-order valence-electron chi connectivity index (χ2n) is 7.79. The average molecular weight is 409 g/mol. The molecular weight excluding hydrogens is 376 g/mol. The second-order valence-corrected chi connectivity index (χ2v) is 8.19. The Morgan fingerprint density at radius 2 is 1.86 bits per heavy atom. The van der Waals surface area contributed by atoms with Crippen molar-refractivity contribution < 1.29 is 14.3 Å². The molecule has 0 fully saturated rings. The van der Waals surface area contributed by atoms with Gasteiger partial charge in [0.15, 0.2) is 16.6 Å². The van der Waals surface area contributed by atoms with Gasteiger partial charge in [-0.3, -0.25) is 0 Å². The van der Waals surface area contributed by atoms with E-state index in [4.69, 9.17) is 21.7 Å². The number of carbonyl (C=O) groups excluding carboxylic acids is 1. The molecule has 1 aliphatic heterocycles. The summed E-state index contributed by atoms with van der Waals surface area (Å²) in [6.45, 7) is 9.78. The highest BCUT2D eigenvalue weighted by molar-refractivity contribution is 7.80. The number of thiocarbonyl (C=S) groups is 1. The van der Waals surface area contributed by atoms with Crippen molar-refractivity contribution in [3.8, 4) is 11.5 Å². The molecule has 1 aliphatic rings. The van der Waals surface area contributed by atoms with E-state index in [0.717, 1.165) is 24.1 Å². The van der Waals surface area contributed by atoms with Gasteiger partial charge in [0.25, 0.3) is 0 Å². The molecule has 3 N–H and O–H groups in total. The molecule has 7 nitrogen and oxygen atoms in total. The van der Waals surface area contributed by atoms with Gasteiger partial charge in [-0.15, -0.1) is 0 Å². The van der Waals surface area contributed by atoms with Gasteiger partial charge in [0.2, 0.25) is 0 Å². The molecular formula is C20H32N4O3S. The number of methoxy groups -OCH3 is 2. The number of nitrogens with one attached hydrogen (secondary N) is 3. The maximum absolute atomic E-state index is 13.0. The molecule has 0 bridgehead atoms. The van der Waals surface area contributed by atoms with E-state index in [1.54, 1.807) is 14.2 Å². The Morgan fingerprint density at radius 3 is 2.43 bits per heavy atom. The van der Waals surface area contributed by atoms with Gasteiger partial charge in [0.1, 0.15) is 0 Å². The van der Waals surface area contributed by atoms with Crippen molar-refractivity contribution >= 4 is 23.4 Å². The van der Waals surface area contributed by atoms with Crippen LogP contribution in [-0.4, -0.2) is 55.4 Å². The highest BCUT2D eigenvalue weighted by atomic mass is 32.1. The molecule has 156 valence electrons. The Kier molecular flexibility index (Phi) is 7.35. The molecule has 28 heavy (non-hydrogen) atoms. The lowest BCUT2D eigenvalue weighted by atomic mass is 9.91. The Morgan fingerprint density at radius 1 is 1.21 bits per heavy atom. The van der Waals surface area contributed by atoms with E-state index in [-0.39, 0.29) is 17.6 Å². The van der Waals surface area contributed by atoms with E-state index in [2.05, 4.69) is 16.0 Å². The predicted octanol–water partition coefficient (Wildman–Crippen LogP) is 2.60. The molecule has 8 heteroatoms. The van der Waals surface area contributed by atoms with Crippen molar-refractivity contribution in [1.29, 1.82) is 0 Å². The summed E-state index contributed by atoms with van der Waals surface area (Å²) < 4.78 is 10.9. The van der Waals surface area contributed by atoms with Gasteiger partial charge >= 0.3 is 6.03 Å². The van der Waals surface area contributed by atoms with Crippen LogP contribution >= 0.6 is 12.2 Å². The highest BCUT2D eigenvalue weighted by Gasteiger charge is 2.33. The van der Waals surface area contributed by atoms with Crippen LogP contribution in [0.2, 0.25) is 0 Å². The third-order valence-corrected chi connectivity index (χ3v) is 4.83. The van der Waals surface area contributed by atoms with Crippen LogP contribution in [0, 0.1) is 0 Å². The van der Waals surface area contributed by atoms with E-state index in [9.17, 15) is 4.79 Å². The van der Waals surface area contributed by atoms with Crippen molar-refractivity contribution in [3.05, 3.63) is 23.3 Å². The normalized spacial score (nSPS) is 16.1. The minimum absolute atomic E-state index is 0.0888. The van der Waals surface area contributed by atoms with Gasteiger partial charge in [-0.05, 0) is 69.6 Å². The summed E-state index contributed by atoms with van der Waals surface area (Å²) in [5.41, 5.74) is 1.88. The summed E-state index contributed by atoms with van der Waals surface area (Å²) in [6.07, 6.45) is 0.751. The first kappa shape index (κ1) is 22.1. The largest absolute Gasteiger partial charge is 0.493 e. The summed E-state index contributed by atoms with van der Waals surface area (Å²) in [5, 5.41) is 9.97. The number of hydrogen-bond donors (Lipinski definition) is 3. The molecule has 2 amide bonds. The van der Waals surface area contributed by atoms with Crippen LogP contribution in [0.5, 0.6) is 11.5 Å². The molecule has 2 rings (SSSR count). The van der Waals surface area contributed by atoms with Crippen LogP contribution in [0.15, 0.2) is 12.1 Å². The molecule has 1 aromatic carbocycles. The van der Waals surface area contributed by atoms with E-state index in [1.165, 1.54) is 0 Å². The molecule has 0 radical (unpaired) electrons. The number of ether oxygens (including phenoxy) is 2. The zero-order valence-electron chi connectivity index (χ0n) is 17.6. The summed E-state index contributed by atoms with van der Waals surface area (Å²) in [5.74, 6) is 1.35. The van der Waals surface area contributed by atoms with Crippen LogP contribution in [-0.2, 0) is 6.42 Å². The van der Waals surface area contributed by atoms with Crippen molar-refractivity contribution in [2.75, 3.05) is 33.9 Å². The summed E-state index contributed by atoms with van der Waals surface area (Å²) in [4.78, 5) is 14.8. The van der Waals surface area contributed by atoms with Crippen molar-refractivity contribution in [2.45, 2.75) is 45.7 Å². The Balaban J connectivity index is 2.37. The Hall–Kier alpha value is -2.22. The van der Waals surface area contributed by atoms with Gasteiger partial charge < -0.3 is 30.3 Å². The number of rotatable bonds is 5. The number of urea groups is 1. The first-order valence-corrected chi connectivity index (χ1v) is 9.96. The first-order valence-electron chi connectivity index (χ1n) is 9.55. The number of benzene rings is 1. The fourth-order valence-electron chi connectivity index (χ4n) is 3.30. The number of amides is 2. The van der Waals surface area contributed by atoms with Crippen LogP contribution in [0.3, 0.4) is 0 Å². The fraction of sp³-hybridized carbons (Fsp3) is 0.600. The molecule has 0 aromatic heterocycles. The third kappa shape index (κ3) is 5.41. The number of fused-ring (bicyclic) bond motifs is 1. The van der Waals surface area contributed by atoms with Crippen molar-refractivity contribution in [2.24, 2.45) is 0 Å². The lowest BCUT2D eigenvalue weighted by Gasteiger charge is -2.39. The highest BCUT2D eigenvalue weighted by Crippen LogP contribution is 2.38. The molecule has 0 spiro atoms. The maximum atomic E-state index is 13.0. The van der Waals surface area contributed by atoms with Gasteiger partial charge in [-0.1, -0.05) is 0 Å². The lowest BCUT2D eigenvalue weighted by molar-refractivity contribution is 0.161. The monoisotopic (exact) mass is 408 g/mol. The fourth-order valence-corrected chi connectivity index (χ4v) is 3.52. The minimum Gasteiger partial charge on any atom is -0.493 e. The Bertz CT molecular complexity index is 718. The topological polar surface area (TPSA) is 74.9 Å². The molecule has 1 aromatic rings. The zero-order chi connectivity index (χ0) is 20.9. The number of carbonyl (C=O) groups is 1. The van der Waals surface area contributed by atoms with E-state index in [0.29, 0.717) is 29.7 Å². The van der Waals surface area contributed by atoms with E-state index >= 15 is 0 Å². The smallest absolute Gasteiger partial charge is 0.318 e. The molecule has 0 aliphatic carbocycles. The van der Waals surface area contributed by atoms with Crippen LogP contribution in [0.1, 0.15) is 44.9 Å². The van der Waals surface area contributed by atoms with Crippen LogP contribution in [0.25, 0.3) is 0 Å². The summed E-state index contributed by atoms with van der Waals surface area (Å²) in [7, 11) is 3.24. The first-order chi connectivity index (χ1) is 13.2. The number of hydrogen-bond acceptors (Lipinski definition) is 4. The SMILES string of the molecule is CCNC(=S)NC[C@H]1c2cc(OC)c(OC)cc2CCN1C(=O)NC(C)(C)C. The lowest BCUT2D eigenvalue weighted by Crippen LogP contribution is -2.53. The minimum atomic E-state index is -0.313. The summed E-state index contributed by atoms with van der Waals surface area (Å²) >= 11 is 5.31. The standard InChI is InChI=1S/C20H32N4O3S/c1-7-21-18(28)22-12-15-14-11-17(27-6)16(26-5)10-13(14)8-9-24(15)19(25)23-20(2,3)4/h10-11,15H,7-9,12H2,1-6H3,(H,23,25)(H2,21,22,28)/t15-/m0/s1. The van der Waals surface area contributed by atoms with Gasteiger partial charge in [-0.25, -0.2) is 4.79 Å². The van der Waals surface area contributed by atoms with Gasteiger partial charge in [-0.2, -0.15) is 0 Å². The van der Waals surface area contributed by atoms with E-state index in [1.807, 2.05) is 44.7 Å². The van der Waals surface area contributed by atoms with Crippen LogP contribution in [0.4, 0.5) is 4.79 Å². The third-order valence-electron chi connectivity index (χ3n) is 4.54. The second kappa shape index (κ2) is 9.32.